The summed E-state index contributed by atoms with van der Waals surface area (Å²) >= 11 is 0. The van der Waals surface area contributed by atoms with E-state index in [0.29, 0.717) is 6.42 Å². The number of allylic oxidation sites excluding steroid dienone is 4. The molecule has 4 nitrogen and oxygen atoms in total. The molecule has 0 aliphatic heterocycles. The van der Waals surface area contributed by atoms with Gasteiger partial charge in [-0.3, -0.25) is 0 Å². The summed E-state index contributed by atoms with van der Waals surface area (Å²) in [4.78, 5) is 45.1. The molecule has 2 aliphatic rings. The number of carbonyl (C=O) groups excluding carboxylic acids is 4. The lowest BCUT2D eigenvalue weighted by Crippen LogP contribution is -2.29. The first-order valence-electron chi connectivity index (χ1n) is 6.86. The summed E-state index contributed by atoms with van der Waals surface area (Å²) in [6, 6.07) is 0. The molecule has 0 bridgehead atoms. The molecule has 4 heteroatoms. The van der Waals surface area contributed by atoms with Crippen molar-refractivity contribution in [3.8, 4) is 0 Å². The summed E-state index contributed by atoms with van der Waals surface area (Å²) in [5.74, 6) is -0.317. The van der Waals surface area contributed by atoms with Crippen LogP contribution >= 0.6 is 0 Å². The van der Waals surface area contributed by atoms with E-state index in [0.717, 1.165) is 43.6 Å². The zero-order chi connectivity index (χ0) is 14.6. The molecule has 0 aromatic rings. The minimum atomic E-state index is -0.891. The van der Waals surface area contributed by atoms with E-state index in [1.807, 2.05) is 18.2 Å². The van der Waals surface area contributed by atoms with E-state index in [1.54, 1.807) is 0 Å². The number of aldehydes is 4. The van der Waals surface area contributed by atoms with Crippen LogP contribution < -0.4 is 0 Å². The SMILES string of the molecule is O=CCC1(C=O)C/C=C/CC/C=C2/C1C2(C=O)CC=O. The van der Waals surface area contributed by atoms with Crippen molar-refractivity contribution >= 4 is 25.1 Å². The lowest BCUT2D eigenvalue weighted by molar-refractivity contribution is -0.124. The first-order valence-corrected chi connectivity index (χ1v) is 6.86. The van der Waals surface area contributed by atoms with Crippen LogP contribution in [0.5, 0.6) is 0 Å². The summed E-state index contributed by atoms with van der Waals surface area (Å²) in [6.07, 6.45) is 11.1. The Hall–Kier alpha value is -1.84. The molecule has 0 N–H and O–H groups in total. The van der Waals surface area contributed by atoms with Crippen LogP contribution in [0.1, 0.15) is 32.1 Å². The fraction of sp³-hybridized carbons (Fsp3) is 0.500. The molecule has 2 rings (SSSR count). The van der Waals surface area contributed by atoms with Gasteiger partial charge in [-0.15, -0.1) is 0 Å². The molecule has 0 saturated heterocycles. The summed E-state index contributed by atoms with van der Waals surface area (Å²) in [7, 11) is 0. The monoisotopic (exact) mass is 274 g/mol. The van der Waals surface area contributed by atoms with Gasteiger partial charge in [-0.05, 0) is 19.3 Å². The Kier molecular flexibility index (Phi) is 4.12. The number of rotatable bonds is 6. The fourth-order valence-corrected chi connectivity index (χ4v) is 3.50. The Morgan fingerprint density at radius 2 is 1.75 bits per heavy atom. The van der Waals surface area contributed by atoms with Crippen molar-refractivity contribution in [1.82, 2.24) is 0 Å². The smallest absolute Gasteiger partial charge is 0.131 e. The van der Waals surface area contributed by atoms with Crippen molar-refractivity contribution in [2.75, 3.05) is 0 Å². The maximum Gasteiger partial charge on any atom is 0.131 e. The number of hydrogen-bond donors (Lipinski definition) is 0. The summed E-state index contributed by atoms with van der Waals surface area (Å²) in [5, 5.41) is 0. The summed E-state index contributed by atoms with van der Waals surface area (Å²) in [6.45, 7) is 0. The zero-order valence-electron chi connectivity index (χ0n) is 11.3. The van der Waals surface area contributed by atoms with Crippen LogP contribution in [-0.2, 0) is 19.2 Å². The first-order chi connectivity index (χ1) is 9.70. The molecule has 3 unspecified atom stereocenters. The van der Waals surface area contributed by atoms with Crippen LogP contribution in [0.4, 0.5) is 0 Å². The Bertz CT molecular complexity index is 491. The van der Waals surface area contributed by atoms with Gasteiger partial charge in [-0.25, -0.2) is 0 Å². The van der Waals surface area contributed by atoms with Crippen molar-refractivity contribution in [2.24, 2.45) is 16.7 Å². The van der Waals surface area contributed by atoms with E-state index in [-0.39, 0.29) is 18.8 Å². The predicted molar refractivity (Wildman–Crippen MR) is 72.9 cm³/mol. The van der Waals surface area contributed by atoms with Crippen LogP contribution in [-0.4, -0.2) is 25.1 Å². The Morgan fingerprint density at radius 3 is 2.35 bits per heavy atom. The quantitative estimate of drug-likeness (QED) is 0.547. The Labute approximate surface area is 117 Å². The second kappa shape index (κ2) is 5.65. The molecule has 3 atom stereocenters. The van der Waals surface area contributed by atoms with E-state index in [9.17, 15) is 19.2 Å². The van der Waals surface area contributed by atoms with E-state index >= 15 is 0 Å². The highest BCUT2D eigenvalue weighted by Gasteiger charge is 2.67. The van der Waals surface area contributed by atoms with Crippen LogP contribution in [0.15, 0.2) is 23.8 Å². The predicted octanol–water partition coefficient (Wildman–Crippen LogP) is 1.83. The summed E-state index contributed by atoms with van der Waals surface area (Å²) < 4.78 is 0. The minimum absolute atomic E-state index is 0.0806. The molecule has 0 heterocycles. The maximum absolute atomic E-state index is 11.7. The molecular formula is C16H18O4. The highest BCUT2D eigenvalue weighted by molar-refractivity contribution is 5.84. The average molecular weight is 274 g/mol. The van der Waals surface area contributed by atoms with E-state index in [1.165, 1.54) is 0 Å². The lowest BCUT2D eigenvalue weighted by Gasteiger charge is -2.26. The van der Waals surface area contributed by atoms with Crippen LogP contribution in [0, 0.1) is 16.7 Å². The summed E-state index contributed by atoms with van der Waals surface area (Å²) in [5.41, 5.74) is -0.896. The average Bonchev–Trinajstić information content (AvgIpc) is 3.07. The minimum Gasteiger partial charge on any atom is -0.303 e. The van der Waals surface area contributed by atoms with Crippen LogP contribution in [0.3, 0.4) is 0 Å². The third-order valence-electron chi connectivity index (χ3n) is 4.55. The van der Waals surface area contributed by atoms with Crippen molar-refractivity contribution < 1.29 is 19.2 Å². The maximum atomic E-state index is 11.7. The number of fused-ring (bicyclic) bond motifs is 1. The molecule has 106 valence electrons. The lowest BCUT2D eigenvalue weighted by atomic mass is 9.74. The van der Waals surface area contributed by atoms with Gasteiger partial charge in [-0.1, -0.05) is 23.8 Å². The largest absolute Gasteiger partial charge is 0.303 e. The van der Waals surface area contributed by atoms with Crippen molar-refractivity contribution in [2.45, 2.75) is 32.1 Å². The third kappa shape index (κ3) is 2.09. The van der Waals surface area contributed by atoms with Gasteiger partial charge in [0.15, 0.2) is 0 Å². The zero-order valence-corrected chi connectivity index (χ0v) is 11.3. The molecule has 0 radical (unpaired) electrons. The first kappa shape index (κ1) is 14.6. The van der Waals surface area contributed by atoms with Crippen LogP contribution in [0.2, 0.25) is 0 Å². The van der Waals surface area contributed by atoms with E-state index in [2.05, 4.69) is 0 Å². The van der Waals surface area contributed by atoms with Gasteiger partial charge in [0.1, 0.15) is 25.1 Å². The highest BCUT2D eigenvalue weighted by atomic mass is 16.1. The third-order valence-corrected chi connectivity index (χ3v) is 4.55. The van der Waals surface area contributed by atoms with Gasteiger partial charge in [0.2, 0.25) is 0 Å². The van der Waals surface area contributed by atoms with Gasteiger partial charge in [0, 0.05) is 24.2 Å². The van der Waals surface area contributed by atoms with Crippen molar-refractivity contribution in [3.05, 3.63) is 23.8 Å². The number of carbonyl (C=O) groups is 4. The standard InChI is InChI=1S/C16H18O4/c17-9-7-15(11-19)6-4-2-1-3-5-13-14(15)16(13,12-20)8-10-18/h2,4-5,9-12,14H,1,3,6-8H2/b4-2+,13-5-. The second-order valence-corrected chi connectivity index (χ2v) is 5.60. The highest BCUT2D eigenvalue weighted by Crippen LogP contribution is 2.67. The van der Waals surface area contributed by atoms with Gasteiger partial charge < -0.3 is 19.2 Å². The topological polar surface area (TPSA) is 68.3 Å². The van der Waals surface area contributed by atoms with E-state index < -0.39 is 10.8 Å². The normalized spacial score (nSPS) is 39.8. The van der Waals surface area contributed by atoms with Gasteiger partial charge in [-0.2, -0.15) is 0 Å². The van der Waals surface area contributed by atoms with Gasteiger partial charge >= 0.3 is 0 Å². The molecular weight excluding hydrogens is 256 g/mol. The molecule has 20 heavy (non-hydrogen) atoms. The number of hydrogen-bond acceptors (Lipinski definition) is 4. The molecule has 1 fully saturated rings. The van der Waals surface area contributed by atoms with Crippen molar-refractivity contribution in [1.29, 1.82) is 0 Å². The molecule has 0 spiro atoms. The fourth-order valence-electron chi connectivity index (χ4n) is 3.50. The Morgan fingerprint density at radius 1 is 1.00 bits per heavy atom. The molecule has 1 saturated carbocycles. The molecule has 0 aromatic carbocycles. The second-order valence-electron chi connectivity index (χ2n) is 5.60. The van der Waals surface area contributed by atoms with Crippen molar-refractivity contribution in [3.63, 3.8) is 0 Å². The molecule has 0 amide bonds. The molecule has 0 aromatic heterocycles. The molecule has 2 aliphatic carbocycles. The van der Waals surface area contributed by atoms with E-state index in [4.69, 9.17) is 0 Å². The van der Waals surface area contributed by atoms with Crippen LogP contribution in [0.25, 0.3) is 0 Å². The van der Waals surface area contributed by atoms with Gasteiger partial charge in [0.05, 0.1) is 5.41 Å². The Balaban J connectivity index is 2.48. The van der Waals surface area contributed by atoms with Gasteiger partial charge in [0.25, 0.3) is 0 Å².